The molecule has 0 fully saturated rings. The molecule has 3 rings (SSSR count). The summed E-state index contributed by atoms with van der Waals surface area (Å²) in [4.78, 5) is 69.1. The Hall–Kier alpha value is -4.92. The molecule has 48 heavy (non-hydrogen) atoms. The summed E-state index contributed by atoms with van der Waals surface area (Å²) in [5.74, 6) is -13.5. The van der Waals surface area contributed by atoms with E-state index >= 15 is 0 Å². The van der Waals surface area contributed by atoms with E-state index in [0.29, 0.717) is 10.6 Å². The molecule has 3 aromatic rings. The van der Waals surface area contributed by atoms with Gasteiger partial charge in [-0.25, -0.2) is 0 Å². The summed E-state index contributed by atoms with van der Waals surface area (Å²) in [7, 11) is 0. The average molecular weight is 696 g/mol. The fraction of sp³-hybridized carbons (Fsp3) is 0.312. The van der Waals surface area contributed by atoms with Gasteiger partial charge in [0.05, 0.1) is 6.04 Å². The van der Waals surface area contributed by atoms with Crippen LogP contribution in [0.25, 0.3) is 0 Å². The Bertz CT molecular complexity index is 1610. The SMILES string of the molecule is CC(C)[C@H](NC(=O)[C@@H](NC(=O)[C@H](Cc1cccc(Cl)c1)NC(=O)c1ccccn1)c1ccccc1)C(=O)C(F)(F)C(=O)NCC(F)(F)F. The molecule has 4 N–H and O–H groups in total. The van der Waals surface area contributed by atoms with Crippen molar-refractivity contribution >= 4 is 41.0 Å². The first-order chi connectivity index (χ1) is 22.5. The number of halogens is 6. The minimum Gasteiger partial charge on any atom is -0.344 e. The van der Waals surface area contributed by atoms with Gasteiger partial charge < -0.3 is 21.3 Å². The molecule has 1 aromatic heterocycles. The van der Waals surface area contributed by atoms with Crippen molar-refractivity contribution in [1.29, 1.82) is 0 Å². The van der Waals surface area contributed by atoms with Crippen LogP contribution in [0.1, 0.15) is 41.5 Å². The van der Waals surface area contributed by atoms with Gasteiger partial charge in [0.2, 0.25) is 17.6 Å². The number of Topliss-reactive ketones (excluding diaryl/α,β-unsaturated/α-hetero) is 1. The van der Waals surface area contributed by atoms with Crippen LogP contribution in [0.5, 0.6) is 0 Å². The van der Waals surface area contributed by atoms with Crippen LogP contribution in [0.15, 0.2) is 79.0 Å². The van der Waals surface area contributed by atoms with Crippen molar-refractivity contribution in [3.8, 4) is 0 Å². The van der Waals surface area contributed by atoms with Crippen molar-refractivity contribution in [3.63, 3.8) is 0 Å². The Labute approximate surface area is 276 Å². The van der Waals surface area contributed by atoms with Gasteiger partial charge in [0.25, 0.3) is 11.8 Å². The van der Waals surface area contributed by atoms with Crippen LogP contribution in [-0.2, 0) is 25.6 Å². The Kier molecular flexibility index (Phi) is 12.7. The largest absolute Gasteiger partial charge is 0.405 e. The zero-order valence-corrected chi connectivity index (χ0v) is 26.2. The van der Waals surface area contributed by atoms with Gasteiger partial charge in [-0.2, -0.15) is 22.0 Å². The highest BCUT2D eigenvalue weighted by Gasteiger charge is 2.52. The molecule has 0 unspecified atom stereocenters. The first-order valence-electron chi connectivity index (χ1n) is 14.4. The van der Waals surface area contributed by atoms with Crippen molar-refractivity contribution < 1.29 is 45.9 Å². The molecule has 16 heteroatoms. The Balaban J connectivity index is 1.90. The maximum absolute atomic E-state index is 14.8. The second-order valence-electron chi connectivity index (χ2n) is 10.9. The second-order valence-corrected chi connectivity index (χ2v) is 11.3. The van der Waals surface area contributed by atoms with Crippen molar-refractivity contribution in [2.24, 2.45) is 5.92 Å². The molecule has 1 heterocycles. The third-order valence-electron chi connectivity index (χ3n) is 6.82. The van der Waals surface area contributed by atoms with Crippen LogP contribution < -0.4 is 21.3 Å². The number of hydrogen-bond donors (Lipinski definition) is 4. The van der Waals surface area contributed by atoms with Crippen LogP contribution in [0, 0.1) is 5.92 Å². The van der Waals surface area contributed by atoms with Crippen LogP contribution in [0.2, 0.25) is 5.02 Å². The molecule has 3 atom stereocenters. The van der Waals surface area contributed by atoms with Gasteiger partial charge >= 0.3 is 12.1 Å². The number of rotatable bonds is 14. The van der Waals surface area contributed by atoms with Crippen LogP contribution in [0.3, 0.4) is 0 Å². The number of ketones is 1. The van der Waals surface area contributed by atoms with E-state index in [2.05, 4.69) is 20.9 Å². The van der Waals surface area contributed by atoms with Gasteiger partial charge in [-0.15, -0.1) is 0 Å². The van der Waals surface area contributed by atoms with Crippen LogP contribution in [0.4, 0.5) is 22.0 Å². The van der Waals surface area contributed by atoms with E-state index in [1.165, 1.54) is 50.4 Å². The minimum absolute atomic E-state index is 0.0165. The number of carbonyl (C=O) groups excluding carboxylic acids is 5. The monoisotopic (exact) mass is 695 g/mol. The summed E-state index contributed by atoms with van der Waals surface area (Å²) in [5.41, 5.74) is 0.656. The number of carbonyl (C=O) groups is 5. The lowest BCUT2D eigenvalue weighted by Crippen LogP contribution is -2.58. The number of pyridine rings is 1. The summed E-state index contributed by atoms with van der Waals surface area (Å²) < 4.78 is 67.1. The predicted octanol–water partition coefficient (Wildman–Crippen LogP) is 3.96. The van der Waals surface area contributed by atoms with E-state index in [0.717, 1.165) is 5.32 Å². The van der Waals surface area contributed by atoms with Gasteiger partial charge in [0.1, 0.15) is 24.3 Å². The zero-order chi connectivity index (χ0) is 35.6. The summed E-state index contributed by atoms with van der Waals surface area (Å²) in [6.07, 6.45) is -3.77. The lowest BCUT2D eigenvalue weighted by atomic mass is 9.94. The molecule has 10 nitrogen and oxygen atoms in total. The molecule has 0 spiro atoms. The fourth-order valence-electron chi connectivity index (χ4n) is 4.40. The molecule has 256 valence electrons. The lowest BCUT2D eigenvalue weighted by molar-refractivity contribution is -0.165. The first-order valence-corrected chi connectivity index (χ1v) is 14.8. The lowest BCUT2D eigenvalue weighted by Gasteiger charge is -2.28. The molecular formula is C32H31ClF5N5O5. The molecule has 0 radical (unpaired) electrons. The minimum atomic E-state index is -5.02. The summed E-state index contributed by atoms with van der Waals surface area (Å²) in [5, 5.41) is 8.49. The quantitative estimate of drug-likeness (QED) is 0.148. The van der Waals surface area contributed by atoms with Crippen molar-refractivity contribution in [1.82, 2.24) is 26.3 Å². The molecule has 0 aliphatic heterocycles. The third kappa shape index (κ3) is 10.6. The molecule has 4 amide bonds. The fourth-order valence-corrected chi connectivity index (χ4v) is 4.61. The molecule has 0 bridgehead atoms. The van der Waals surface area contributed by atoms with E-state index in [9.17, 15) is 45.9 Å². The molecule has 2 aromatic carbocycles. The second kappa shape index (κ2) is 16.3. The highest BCUT2D eigenvalue weighted by molar-refractivity contribution is 6.30. The highest BCUT2D eigenvalue weighted by Crippen LogP contribution is 2.23. The Morgan fingerprint density at radius 2 is 1.48 bits per heavy atom. The van der Waals surface area contributed by atoms with Crippen molar-refractivity contribution in [2.45, 2.75) is 50.5 Å². The number of benzene rings is 2. The number of alkyl halides is 5. The molecule has 0 aliphatic rings. The standard InChI is InChI=1S/C32H31ClF5N5O5/c1-18(2)24(26(44)32(37,38)30(48)40-17-31(34,35)36)42-29(47)25(20-10-4-3-5-11-20)43-28(46)23(16-19-9-8-12-21(33)15-19)41-27(45)22-13-6-7-14-39-22/h3-15,18,23-25H,16-17H2,1-2H3,(H,40,48)(H,41,45)(H,42,47)(H,43,46)/t23-,24-,25-/m0/s1. The van der Waals surface area contributed by atoms with Crippen LogP contribution in [-0.4, -0.2) is 65.1 Å². The summed E-state index contributed by atoms with van der Waals surface area (Å²) in [6, 6.07) is 13.4. The van der Waals surface area contributed by atoms with Crippen LogP contribution >= 0.6 is 11.6 Å². The number of nitrogens with zero attached hydrogens (tertiary/aromatic N) is 1. The zero-order valence-electron chi connectivity index (χ0n) is 25.5. The van der Waals surface area contributed by atoms with Gasteiger partial charge in [-0.05, 0) is 41.3 Å². The van der Waals surface area contributed by atoms with Gasteiger partial charge in [0.15, 0.2) is 0 Å². The third-order valence-corrected chi connectivity index (χ3v) is 7.06. The number of hydrogen-bond acceptors (Lipinski definition) is 6. The maximum atomic E-state index is 14.8. The average Bonchev–Trinajstić information content (AvgIpc) is 3.04. The smallest absolute Gasteiger partial charge is 0.344 e. The van der Waals surface area contributed by atoms with Gasteiger partial charge in [-0.3, -0.25) is 29.0 Å². The summed E-state index contributed by atoms with van der Waals surface area (Å²) >= 11 is 6.10. The molecule has 0 aliphatic carbocycles. The molecule has 0 saturated heterocycles. The number of nitrogens with one attached hydrogen (secondary N) is 4. The van der Waals surface area contributed by atoms with E-state index < -0.39 is 72.1 Å². The predicted molar refractivity (Wildman–Crippen MR) is 164 cm³/mol. The molecule has 0 saturated carbocycles. The maximum Gasteiger partial charge on any atom is 0.405 e. The number of amides is 4. The Morgan fingerprint density at radius 1 is 0.812 bits per heavy atom. The van der Waals surface area contributed by atoms with E-state index in [1.54, 1.807) is 42.5 Å². The Morgan fingerprint density at radius 3 is 2.06 bits per heavy atom. The normalized spacial score (nSPS) is 13.5. The molecular weight excluding hydrogens is 665 g/mol. The van der Waals surface area contributed by atoms with E-state index in [1.807, 2.05) is 0 Å². The highest BCUT2D eigenvalue weighted by atomic mass is 35.5. The first kappa shape index (κ1) is 37.5. The van der Waals surface area contributed by atoms with Gasteiger partial charge in [0, 0.05) is 17.6 Å². The van der Waals surface area contributed by atoms with E-state index in [4.69, 9.17) is 11.6 Å². The van der Waals surface area contributed by atoms with Crippen molar-refractivity contribution in [2.75, 3.05) is 6.54 Å². The van der Waals surface area contributed by atoms with Gasteiger partial charge in [-0.1, -0.05) is 74.0 Å². The number of aromatic nitrogens is 1. The summed E-state index contributed by atoms with van der Waals surface area (Å²) in [6.45, 7) is 0.413. The van der Waals surface area contributed by atoms with Crippen molar-refractivity contribution in [3.05, 3.63) is 101 Å². The van der Waals surface area contributed by atoms with E-state index in [-0.39, 0.29) is 17.7 Å². The topological polar surface area (TPSA) is 146 Å².